The molecule has 4 heterocycles. The number of thioether (sulfide) groups is 1. The number of piperidine rings is 3. The lowest BCUT2D eigenvalue weighted by Crippen LogP contribution is -2.57. The number of hydrogen-bond acceptors (Lipinski definition) is 4. The zero-order valence-corrected chi connectivity index (χ0v) is 18.5. The Balaban J connectivity index is 1.64. The number of aromatic nitrogens is 1. The molecule has 1 atom stereocenters. The smallest absolute Gasteiger partial charge is 0.255 e. The van der Waals surface area contributed by atoms with Crippen LogP contribution < -0.4 is 10.9 Å². The molecule has 1 unspecified atom stereocenters. The summed E-state index contributed by atoms with van der Waals surface area (Å²) in [6.07, 6.45) is 9.11. The van der Waals surface area contributed by atoms with E-state index in [-0.39, 0.29) is 17.5 Å². The first kappa shape index (κ1) is 20.9. The first-order chi connectivity index (χ1) is 14.6. The number of carbonyl (C=O) groups is 1. The molecule has 0 aliphatic carbocycles. The molecule has 2 bridgehead atoms. The molecule has 3 aliphatic heterocycles. The van der Waals surface area contributed by atoms with E-state index in [1.165, 1.54) is 6.07 Å². The Bertz CT molecular complexity index is 1010. The van der Waals surface area contributed by atoms with Gasteiger partial charge in [-0.05, 0) is 56.7 Å². The minimum Gasteiger partial charge on any atom is -0.348 e. The fourth-order valence-corrected chi connectivity index (χ4v) is 5.30. The zero-order valence-electron chi connectivity index (χ0n) is 17.6. The Morgan fingerprint density at radius 1 is 1.20 bits per heavy atom. The van der Waals surface area contributed by atoms with Gasteiger partial charge in [-0.2, -0.15) is 0 Å². The number of pyridine rings is 1. The van der Waals surface area contributed by atoms with Crippen molar-refractivity contribution >= 4 is 22.6 Å². The van der Waals surface area contributed by atoms with Crippen LogP contribution in [-0.2, 0) is 0 Å². The molecule has 5 nitrogen and oxygen atoms in total. The minimum atomic E-state index is -0.140. The summed E-state index contributed by atoms with van der Waals surface area (Å²) in [5.41, 5.74) is 2.18. The predicted molar refractivity (Wildman–Crippen MR) is 124 cm³/mol. The van der Waals surface area contributed by atoms with Gasteiger partial charge in [0.25, 0.3) is 11.5 Å². The van der Waals surface area contributed by atoms with Gasteiger partial charge in [0.1, 0.15) is 0 Å². The second-order valence-electron chi connectivity index (χ2n) is 8.04. The number of para-hydroxylation sites is 1. The summed E-state index contributed by atoms with van der Waals surface area (Å²) in [5, 5.41) is 3.22. The Hall–Kier alpha value is -2.31. The van der Waals surface area contributed by atoms with Gasteiger partial charge in [-0.15, -0.1) is 11.8 Å². The number of allylic oxidation sites excluding steroid dienone is 1. The lowest BCUT2D eigenvalue weighted by atomic mass is 9.84. The summed E-state index contributed by atoms with van der Waals surface area (Å²) in [4.78, 5) is 29.3. The summed E-state index contributed by atoms with van der Waals surface area (Å²) in [5.74, 6) is 0.461. The third kappa shape index (κ3) is 4.25. The highest BCUT2D eigenvalue weighted by atomic mass is 32.2. The lowest BCUT2D eigenvalue weighted by molar-refractivity contribution is 0.0620. The molecule has 5 rings (SSSR count). The maximum absolute atomic E-state index is 13.0. The van der Waals surface area contributed by atoms with Crippen LogP contribution in [0.3, 0.4) is 0 Å². The highest BCUT2D eigenvalue weighted by Crippen LogP contribution is 2.30. The van der Waals surface area contributed by atoms with E-state index in [1.54, 1.807) is 28.6 Å². The number of nitrogens with one attached hydrogen (secondary N) is 1. The minimum absolute atomic E-state index is 0.103. The second-order valence-corrected chi connectivity index (χ2v) is 8.89. The van der Waals surface area contributed by atoms with E-state index < -0.39 is 0 Å². The fourth-order valence-electron chi connectivity index (χ4n) is 4.57. The molecule has 0 spiro atoms. The fraction of sp³-hybridized carbons (Fsp3) is 0.417. The van der Waals surface area contributed by atoms with Crippen LogP contribution in [-0.4, -0.2) is 47.3 Å². The van der Waals surface area contributed by atoms with Gasteiger partial charge in [-0.25, -0.2) is 0 Å². The molecule has 1 aromatic carbocycles. The molecule has 6 heteroatoms. The number of nitrogens with zero attached hydrogens (tertiary/aromatic N) is 2. The van der Waals surface area contributed by atoms with Crippen LogP contribution in [0.2, 0.25) is 0 Å². The maximum atomic E-state index is 13.0. The molecular weight excluding hydrogens is 394 g/mol. The van der Waals surface area contributed by atoms with Gasteiger partial charge in [-0.1, -0.05) is 31.2 Å². The van der Waals surface area contributed by atoms with Crippen molar-refractivity contribution in [3.63, 3.8) is 0 Å². The van der Waals surface area contributed by atoms with E-state index in [4.69, 9.17) is 0 Å². The van der Waals surface area contributed by atoms with Gasteiger partial charge in [0.15, 0.2) is 0 Å². The molecule has 2 aromatic rings. The molecular formula is C24H29N3O2S. The summed E-state index contributed by atoms with van der Waals surface area (Å²) in [6, 6.07) is 11.2. The van der Waals surface area contributed by atoms with E-state index in [2.05, 4.69) is 23.2 Å². The van der Waals surface area contributed by atoms with Gasteiger partial charge in [0, 0.05) is 35.3 Å². The topological polar surface area (TPSA) is 54.3 Å². The van der Waals surface area contributed by atoms with Crippen molar-refractivity contribution in [1.29, 1.82) is 0 Å². The monoisotopic (exact) mass is 423 g/mol. The van der Waals surface area contributed by atoms with Crippen LogP contribution in [0.15, 0.2) is 53.5 Å². The summed E-state index contributed by atoms with van der Waals surface area (Å²) in [6.45, 7) is 5.31. The molecule has 3 saturated heterocycles. The Morgan fingerprint density at radius 3 is 2.63 bits per heavy atom. The average molecular weight is 424 g/mol. The highest BCUT2D eigenvalue weighted by molar-refractivity contribution is 8.07. The zero-order chi connectivity index (χ0) is 21.1. The summed E-state index contributed by atoms with van der Waals surface area (Å²) >= 11 is 1.66. The Labute approximate surface area is 182 Å². The van der Waals surface area contributed by atoms with Gasteiger partial charge >= 0.3 is 0 Å². The molecule has 1 aromatic heterocycles. The van der Waals surface area contributed by atoms with E-state index in [0.29, 0.717) is 11.5 Å². The van der Waals surface area contributed by atoms with Gasteiger partial charge in [0.05, 0.1) is 11.3 Å². The van der Waals surface area contributed by atoms with E-state index in [9.17, 15) is 9.59 Å². The van der Waals surface area contributed by atoms with Crippen LogP contribution >= 0.6 is 11.8 Å². The van der Waals surface area contributed by atoms with E-state index in [1.807, 2.05) is 30.5 Å². The third-order valence-electron chi connectivity index (χ3n) is 6.18. The van der Waals surface area contributed by atoms with Crippen LogP contribution in [0.1, 0.15) is 42.1 Å². The Kier molecular flexibility index (Phi) is 6.44. The first-order valence-electron chi connectivity index (χ1n) is 10.7. The molecule has 30 heavy (non-hydrogen) atoms. The van der Waals surface area contributed by atoms with Crippen molar-refractivity contribution in [2.45, 2.75) is 32.2 Å². The molecule has 1 N–H and O–H groups in total. The van der Waals surface area contributed by atoms with Gasteiger partial charge in [0.2, 0.25) is 0 Å². The quantitative estimate of drug-likeness (QED) is 0.768. The number of amides is 1. The molecule has 1 amide bonds. The van der Waals surface area contributed by atoms with Crippen molar-refractivity contribution in [1.82, 2.24) is 14.8 Å². The predicted octanol–water partition coefficient (Wildman–Crippen LogP) is 3.78. The van der Waals surface area contributed by atoms with Crippen molar-refractivity contribution in [3.8, 4) is 5.69 Å². The normalized spacial score (nSPS) is 23.4. The molecule has 3 aliphatic rings. The maximum Gasteiger partial charge on any atom is 0.255 e. The number of hydrogen-bond donors (Lipinski definition) is 1. The van der Waals surface area contributed by atoms with Crippen molar-refractivity contribution < 1.29 is 4.79 Å². The molecule has 0 radical (unpaired) electrons. The van der Waals surface area contributed by atoms with Crippen molar-refractivity contribution in [2.24, 2.45) is 5.92 Å². The number of carbonyl (C=O) groups excluding carboxylic acids is 1. The third-order valence-corrected chi connectivity index (χ3v) is 7.01. The molecule has 3 fully saturated rings. The lowest BCUT2D eigenvalue weighted by Gasteiger charge is -2.44. The standard InChI is InChI=1S/C24H29N3O2S/c1-3-6-22(30-2)19-7-4-5-8-21(19)27-15-18(9-10-23(27)28)24(29)25-20-16-26-13-11-17(20)12-14-26/h4-10,15,17,20H,3,11-14,16H2,1-2H3,(H,25,29)/b22-6-. The molecule has 0 saturated carbocycles. The van der Waals surface area contributed by atoms with Crippen LogP contribution in [0.5, 0.6) is 0 Å². The average Bonchev–Trinajstić information content (AvgIpc) is 2.78. The van der Waals surface area contributed by atoms with Crippen LogP contribution in [0.25, 0.3) is 10.6 Å². The van der Waals surface area contributed by atoms with E-state index in [0.717, 1.165) is 55.1 Å². The van der Waals surface area contributed by atoms with E-state index >= 15 is 0 Å². The van der Waals surface area contributed by atoms with Crippen LogP contribution in [0.4, 0.5) is 0 Å². The summed E-state index contributed by atoms with van der Waals surface area (Å²) in [7, 11) is 0. The SMILES string of the molecule is CC/C=C(\SC)c1ccccc1-n1cc(C(=O)NC2CN3CCC2CC3)ccc1=O. The number of benzene rings is 1. The number of rotatable bonds is 6. The van der Waals surface area contributed by atoms with Gasteiger partial charge < -0.3 is 10.2 Å². The summed E-state index contributed by atoms with van der Waals surface area (Å²) < 4.78 is 1.60. The van der Waals surface area contributed by atoms with Crippen molar-refractivity contribution in [3.05, 3.63) is 70.2 Å². The highest BCUT2D eigenvalue weighted by Gasteiger charge is 2.35. The van der Waals surface area contributed by atoms with Crippen molar-refractivity contribution in [2.75, 3.05) is 25.9 Å². The first-order valence-corrected chi connectivity index (χ1v) is 11.9. The van der Waals surface area contributed by atoms with Crippen LogP contribution in [0, 0.1) is 5.92 Å². The number of fused-ring (bicyclic) bond motifs is 3. The second kappa shape index (κ2) is 9.23. The van der Waals surface area contributed by atoms with Gasteiger partial charge in [-0.3, -0.25) is 14.2 Å². The Morgan fingerprint density at radius 2 is 1.97 bits per heavy atom. The largest absolute Gasteiger partial charge is 0.348 e. The molecule has 158 valence electrons.